The summed E-state index contributed by atoms with van der Waals surface area (Å²) in [6.45, 7) is 5.03. The zero-order chi connectivity index (χ0) is 30.0. The maximum atomic E-state index is 13.3. The number of sulfone groups is 1. The first-order valence-electron chi connectivity index (χ1n) is 11.7. The Morgan fingerprint density at radius 1 is 0.950 bits per heavy atom. The van der Waals surface area contributed by atoms with Crippen molar-refractivity contribution in [1.29, 1.82) is 0 Å². The second kappa shape index (κ2) is 12.0. The number of ether oxygens (including phenoxy) is 2. The fourth-order valence-corrected chi connectivity index (χ4v) is 7.33. The number of fused-ring (bicyclic) bond motifs is 1. The Hall–Kier alpha value is -2.82. The largest absolute Gasteiger partial charge is 0.506 e. The van der Waals surface area contributed by atoms with Gasteiger partial charge in [0.15, 0.2) is 16.1 Å². The molecule has 0 aliphatic rings. The van der Waals surface area contributed by atoms with Crippen LogP contribution in [0.1, 0.15) is 20.8 Å². The summed E-state index contributed by atoms with van der Waals surface area (Å²) in [7, 11) is -5.44. The van der Waals surface area contributed by atoms with E-state index in [9.17, 15) is 30.4 Å². The smallest absolute Gasteiger partial charge is 0.265 e. The van der Waals surface area contributed by atoms with Gasteiger partial charge in [0.2, 0.25) is 10.0 Å². The number of aromatic hydroxyl groups is 1. The zero-order valence-corrected chi connectivity index (χ0v) is 25.4. The van der Waals surface area contributed by atoms with Crippen molar-refractivity contribution in [3.8, 4) is 11.5 Å². The summed E-state index contributed by atoms with van der Waals surface area (Å²) in [6.07, 6.45) is 0.158. The molecule has 0 heterocycles. The molecule has 1 N–H and O–H groups in total. The standard InChI is InChI=1S/C24H28ClN3O9S3/c1-6-28(7-2)40(34,35)22-14-18(23-17(24(22)29)9-8-10-20(23)38(5,30)31)27-26-16-11-12-19(37-15(3)36-4)21(13-16)39(25,32)33/h8-15,29H,6-7H2,1-5H3. The topological polar surface area (TPSA) is 169 Å². The molecule has 3 rings (SSSR count). The molecule has 3 aromatic carbocycles. The number of rotatable bonds is 11. The van der Waals surface area contributed by atoms with Gasteiger partial charge in [-0.2, -0.15) is 9.42 Å². The third-order valence-electron chi connectivity index (χ3n) is 5.85. The van der Waals surface area contributed by atoms with E-state index in [0.29, 0.717) is 0 Å². The lowest BCUT2D eigenvalue weighted by atomic mass is 10.1. The lowest BCUT2D eigenvalue weighted by molar-refractivity contribution is -0.0399. The van der Waals surface area contributed by atoms with Crippen LogP contribution >= 0.6 is 10.7 Å². The number of nitrogens with zero attached hydrogens (tertiary/aromatic N) is 3. The third kappa shape index (κ3) is 6.56. The van der Waals surface area contributed by atoms with Crippen molar-refractivity contribution in [2.75, 3.05) is 26.5 Å². The number of azo groups is 1. The number of halogens is 1. The zero-order valence-electron chi connectivity index (χ0n) is 22.2. The fraction of sp³-hybridized carbons (Fsp3) is 0.333. The summed E-state index contributed by atoms with van der Waals surface area (Å²) in [5.74, 6) is -0.749. The summed E-state index contributed by atoms with van der Waals surface area (Å²) in [5.41, 5.74) is -0.217. The van der Waals surface area contributed by atoms with Gasteiger partial charge in [0.05, 0.1) is 16.3 Å². The number of hydrogen-bond acceptors (Lipinski definition) is 11. The monoisotopic (exact) mass is 633 g/mol. The van der Waals surface area contributed by atoms with Gasteiger partial charge in [-0.3, -0.25) is 0 Å². The second-order valence-electron chi connectivity index (χ2n) is 8.47. The van der Waals surface area contributed by atoms with Crippen LogP contribution in [0.3, 0.4) is 0 Å². The van der Waals surface area contributed by atoms with Gasteiger partial charge in [0, 0.05) is 47.9 Å². The van der Waals surface area contributed by atoms with Crippen molar-refractivity contribution in [2.45, 2.75) is 41.7 Å². The lowest BCUT2D eigenvalue weighted by Crippen LogP contribution is -2.30. The molecule has 40 heavy (non-hydrogen) atoms. The van der Waals surface area contributed by atoms with Gasteiger partial charge < -0.3 is 14.6 Å². The van der Waals surface area contributed by atoms with Crippen molar-refractivity contribution in [3.63, 3.8) is 0 Å². The molecule has 1 unspecified atom stereocenters. The van der Waals surface area contributed by atoms with E-state index < -0.39 is 50.7 Å². The molecule has 3 aromatic rings. The van der Waals surface area contributed by atoms with Crippen molar-refractivity contribution in [1.82, 2.24) is 4.31 Å². The normalized spacial score (nSPS) is 13.8. The first-order valence-corrected chi connectivity index (χ1v) is 17.4. The molecule has 0 aromatic heterocycles. The van der Waals surface area contributed by atoms with Gasteiger partial charge in [0.25, 0.3) is 9.05 Å². The van der Waals surface area contributed by atoms with E-state index >= 15 is 0 Å². The van der Waals surface area contributed by atoms with E-state index in [0.717, 1.165) is 22.7 Å². The van der Waals surface area contributed by atoms with Crippen LogP contribution in [0.4, 0.5) is 11.4 Å². The van der Waals surface area contributed by atoms with Gasteiger partial charge in [0.1, 0.15) is 21.3 Å². The Kier molecular flexibility index (Phi) is 9.48. The Bertz CT molecular complexity index is 1790. The minimum absolute atomic E-state index is 0.0251. The Morgan fingerprint density at radius 2 is 1.60 bits per heavy atom. The highest BCUT2D eigenvalue weighted by Crippen LogP contribution is 2.43. The molecule has 1 atom stereocenters. The molecule has 16 heteroatoms. The van der Waals surface area contributed by atoms with Crippen LogP contribution in [-0.4, -0.2) is 67.4 Å². The molecule has 0 bridgehead atoms. The molecule has 12 nitrogen and oxygen atoms in total. The molecule has 0 aliphatic heterocycles. The van der Waals surface area contributed by atoms with Crippen LogP contribution in [0.15, 0.2) is 67.4 Å². The predicted molar refractivity (Wildman–Crippen MR) is 150 cm³/mol. The molecule has 0 fully saturated rings. The predicted octanol–water partition coefficient (Wildman–Crippen LogP) is 4.69. The van der Waals surface area contributed by atoms with Crippen LogP contribution in [0.2, 0.25) is 0 Å². The number of benzene rings is 3. The van der Waals surface area contributed by atoms with Crippen molar-refractivity contribution >= 4 is 61.7 Å². The van der Waals surface area contributed by atoms with E-state index in [1.54, 1.807) is 13.8 Å². The number of methoxy groups -OCH3 is 1. The van der Waals surface area contributed by atoms with Crippen molar-refractivity contribution < 1.29 is 39.8 Å². The maximum Gasteiger partial charge on any atom is 0.265 e. The van der Waals surface area contributed by atoms with Gasteiger partial charge >= 0.3 is 0 Å². The van der Waals surface area contributed by atoms with E-state index in [2.05, 4.69) is 10.2 Å². The summed E-state index contributed by atoms with van der Waals surface area (Å²) < 4.78 is 87.8. The van der Waals surface area contributed by atoms with Crippen LogP contribution in [0.25, 0.3) is 10.8 Å². The Labute approximate surface area is 237 Å². The molecule has 0 spiro atoms. The van der Waals surface area contributed by atoms with E-state index in [1.165, 1.54) is 44.4 Å². The van der Waals surface area contributed by atoms with E-state index in [1.807, 2.05) is 0 Å². The molecule has 0 saturated heterocycles. The molecular weight excluding hydrogens is 606 g/mol. The molecule has 0 saturated carbocycles. The van der Waals surface area contributed by atoms with Crippen molar-refractivity contribution in [3.05, 3.63) is 42.5 Å². The van der Waals surface area contributed by atoms with Crippen LogP contribution in [0.5, 0.6) is 11.5 Å². The van der Waals surface area contributed by atoms with Crippen LogP contribution in [-0.2, 0) is 33.6 Å². The highest BCUT2D eigenvalue weighted by atomic mass is 35.7. The average Bonchev–Trinajstić information content (AvgIpc) is 2.87. The first-order chi connectivity index (χ1) is 18.6. The third-order valence-corrected chi connectivity index (χ3v) is 10.4. The van der Waals surface area contributed by atoms with E-state index in [4.69, 9.17) is 20.2 Å². The second-order valence-corrected chi connectivity index (χ2v) is 14.9. The summed E-state index contributed by atoms with van der Waals surface area (Å²) in [5, 5.41) is 19.0. The minimum Gasteiger partial charge on any atom is -0.506 e. The number of phenols is 1. The van der Waals surface area contributed by atoms with Crippen LogP contribution in [0, 0.1) is 0 Å². The summed E-state index contributed by atoms with van der Waals surface area (Å²) in [4.78, 5) is -1.14. The molecule has 0 amide bonds. The van der Waals surface area contributed by atoms with E-state index in [-0.39, 0.29) is 45.9 Å². The average molecular weight is 634 g/mol. The number of phenolic OH excluding ortho intramolecular Hbond substituents is 1. The highest BCUT2D eigenvalue weighted by Gasteiger charge is 2.29. The first kappa shape index (κ1) is 31.7. The van der Waals surface area contributed by atoms with Gasteiger partial charge in [-0.1, -0.05) is 26.0 Å². The minimum atomic E-state index is -4.31. The Morgan fingerprint density at radius 3 is 2.15 bits per heavy atom. The summed E-state index contributed by atoms with van der Waals surface area (Å²) >= 11 is 0. The summed E-state index contributed by atoms with van der Waals surface area (Å²) in [6, 6.07) is 8.77. The SMILES string of the molecule is CCN(CC)S(=O)(=O)c1cc(N=Nc2ccc(OC(C)OC)c(S(=O)(=O)Cl)c2)c2c(S(C)(=O)=O)cccc2c1O. The Balaban J connectivity index is 2.33. The van der Waals surface area contributed by atoms with Gasteiger partial charge in [-0.25, -0.2) is 25.3 Å². The number of hydrogen-bond donors (Lipinski definition) is 1. The van der Waals surface area contributed by atoms with Gasteiger partial charge in [-0.05, 0) is 37.3 Å². The molecule has 0 aliphatic carbocycles. The van der Waals surface area contributed by atoms with Gasteiger partial charge in [-0.15, -0.1) is 5.11 Å². The highest BCUT2D eigenvalue weighted by molar-refractivity contribution is 8.13. The molecule has 218 valence electrons. The number of sulfonamides is 1. The quantitative estimate of drug-likeness (QED) is 0.179. The lowest BCUT2D eigenvalue weighted by Gasteiger charge is -2.20. The molecular formula is C24H28ClN3O9S3. The van der Waals surface area contributed by atoms with Crippen molar-refractivity contribution in [2.24, 2.45) is 10.2 Å². The maximum absolute atomic E-state index is 13.3. The van der Waals surface area contributed by atoms with Crippen LogP contribution < -0.4 is 4.74 Å². The molecule has 0 radical (unpaired) electrons. The fourth-order valence-electron chi connectivity index (χ4n) is 3.86.